The molecule has 214 valence electrons. The fraction of sp³-hybridized carbons (Fsp3) is 0.900. The van der Waals surface area contributed by atoms with Gasteiger partial charge in [-0.15, -0.1) is 0 Å². The van der Waals surface area contributed by atoms with E-state index < -0.39 is 0 Å². The maximum atomic E-state index is 12.6. The number of carbonyl (C=O) groups is 2. The van der Waals surface area contributed by atoms with E-state index in [0.29, 0.717) is 32.1 Å². The molecule has 0 N–H and O–H groups in total. The molecule has 0 saturated carbocycles. The van der Waals surface area contributed by atoms with E-state index in [-0.39, 0.29) is 30.6 Å². The Hall–Kier alpha value is -1.37. The van der Waals surface area contributed by atoms with Crippen LogP contribution in [-0.2, 0) is 19.0 Å². The number of nitrogens with zero attached hydrogens (tertiary/aromatic N) is 1. The van der Waals surface area contributed by atoms with E-state index >= 15 is 0 Å². The van der Waals surface area contributed by atoms with Gasteiger partial charge in [0.1, 0.15) is 0 Å². The Morgan fingerprint density at radius 1 is 0.973 bits per heavy atom. The summed E-state index contributed by atoms with van der Waals surface area (Å²) in [6.45, 7) is 10.7. The van der Waals surface area contributed by atoms with Crippen LogP contribution in [0.25, 0.3) is 0 Å². The summed E-state index contributed by atoms with van der Waals surface area (Å²) in [4.78, 5) is 26.9. The number of methoxy groups -OCH3 is 1. The molecule has 7 heteroatoms. The van der Waals surface area contributed by atoms with Crippen molar-refractivity contribution < 1.29 is 23.8 Å². The van der Waals surface area contributed by atoms with Crippen molar-refractivity contribution in [3.63, 3.8) is 0 Å². The average Bonchev–Trinajstić information content (AvgIpc) is 3.36. The summed E-state index contributed by atoms with van der Waals surface area (Å²) >= 11 is 0. The number of amides is 1. The molecule has 1 aliphatic rings. The first-order chi connectivity index (χ1) is 18.0. The second-order valence-electron chi connectivity index (χ2n) is 11.0. The second-order valence-corrected chi connectivity index (χ2v) is 11.0. The van der Waals surface area contributed by atoms with E-state index in [9.17, 15) is 9.59 Å². The number of rotatable bonds is 22. The SMILES string of the molecule is CCCCCCCCC=BCC(COC)CC(=O)OCC1CCCN1C(=O)OCC(C)CCCCCC. The summed E-state index contributed by atoms with van der Waals surface area (Å²) in [7, 11) is 1.67. The van der Waals surface area contributed by atoms with E-state index in [1.54, 1.807) is 12.0 Å². The molecular formula is C30H56BNO5. The summed E-state index contributed by atoms with van der Waals surface area (Å²) in [5, 5.41) is 0. The van der Waals surface area contributed by atoms with Crippen molar-refractivity contribution >= 4 is 24.9 Å². The van der Waals surface area contributed by atoms with E-state index in [2.05, 4.69) is 33.7 Å². The van der Waals surface area contributed by atoms with Gasteiger partial charge in [-0.25, -0.2) is 0 Å². The molecule has 6 nitrogen and oxygen atoms in total. The van der Waals surface area contributed by atoms with E-state index in [1.807, 2.05) is 0 Å². The monoisotopic (exact) mass is 521 g/mol. The Labute approximate surface area is 228 Å². The summed E-state index contributed by atoms with van der Waals surface area (Å²) in [6, 6.07) is -0.0885. The van der Waals surface area contributed by atoms with Gasteiger partial charge in [0.05, 0.1) is 0 Å². The topological polar surface area (TPSA) is 65.1 Å². The van der Waals surface area contributed by atoms with Gasteiger partial charge in [0, 0.05) is 0 Å². The minimum absolute atomic E-state index is 0.0885. The maximum absolute atomic E-state index is 12.6. The molecule has 3 atom stereocenters. The van der Waals surface area contributed by atoms with Crippen LogP contribution in [0.5, 0.6) is 0 Å². The van der Waals surface area contributed by atoms with Crippen LogP contribution >= 0.6 is 0 Å². The molecule has 0 radical (unpaired) electrons. The first-order valence-corrected chi connectivity index (χ1v) is 15.2. The summed E-state index contributed by atoms with van der Waals surface area (Å²) in [5.41, 5.74) is 0. The quantitative estimate of drug-likeness (QED) is 0.0867. The Bertz CT molecular complexity index is 615. The number of esters is 1. The first-order valence-electron chi connectivity index (χ1n) is 15.2. The third-order valence-corrected chi connectivity index (χ3v) is 7.31. The number of carbonyl (C=O) groups excluding carboxylic acids is 2. The van der Waals surface area contributed by atoms with Crippen LogP contribution in [-0.4, -0.2) is 69.4 Å². The van der Waals surface area contributed by atoms with Crippen molar-refractivity contribution in [1.29, 1.82) is 0 Å². The van der Waals surface area contributed by atoms with E-state index in [1.165, 1.54) is 64.2 Å². The zero-order valence-corrected chi connectivity index (χ0v) is 24.5. The number of hydrogen-bond donors (Lipinski definition) is 0. The first kappa shape index (κ1) is 33.7. The summed E-state index contributed by atoms with van der Waals surface area (Å²) in [5.74, 6) is 2.51. The van der Waals surface area contributed by atoms with Crippen molar-refractivity contribution in [3.8, 4) is 0 Å². The Morgan fingerprint density at radius 3 is 2.41 bits per heavy atom. The Kier molecular flexibility index (Phi) is 20.6. The molecule has 3 unspecified atom stereocenters. The minimum atomic E-state index is -0.272. The summed E-state index contributed by atoms with van der Waals surface area (Å²) in [6.07, 6.45) is 17.6. The molecule has 0 aromatic heterocycles. The van der Waals surface area contributed by atoms with Crippen LogP contribution in [0.3, 0.4) is 0 Å². The van der Waals surface area contributed by atoms with Gasteiger partial charge >= 0.3 is 182 Å². The van der Waals surface area contributed by atoms with Gasteiger partial charge in [0.2, 0.25) is 0 Å². The molecule has 1 aliphatic heterocycles. The molecule has 1 rings (SSSR count). The third-order valence-electron chi connectivity index (χ3n) is 7.31. The van der Waals surface area contributed by atoms with Crippen molar-refractivity contribution in [1.82, 2.24) is 4.90 Å². The minimum Gasteiger partial charge on any atom is -0.0654 e. The number of hydrogen-bond acceptors (Lipinski definition) is 5. The van der Waals surface area contributed by atoms with Gasteiger partial charge in [-0.05, 0) is 6.42 Å². The molecule has 0 aromatic rings. The van der Waals surface area contributed by atoms with E-state index in [4.69, 9.17) is 14.2 Å². The molecule has 0 bridgehead atoms. The van der Waals surface area contributed by atoms with Gasteiger partial charge in [-0.2, -0.15) is 0 Å². The fourth-order valence-electron chi connectivity index (χ4n) is 4.93. The van der Waals surface area contributed by atoms with Crippen molar-refractivity contribution in [2.24, 2.45) is 11.8 Å². The van der Waals surface area contributed by atoms with Crippen molar-refractivity contribution in [2.75, 3.05) is 33.5 Å². The molecule has 37 heavy (non-hydrogen) atoms. The van der Waals surface area contributed by atoms with Gasteiger partial charge in [-0.1, -0.05) is 39.5 Å². The van der Waals surface area contributed by atoms with Crippen molar-refractivity contribution in [3.05, 3.63) is 0 Å². The smallest absolute Gasteiger partial charge is 0.0654 e. The van der Waals surface area contributed by atoms with Crippen LogP contribution in [0.4, 0.5) is 4.79 Å². The molecule has 1 fully saturated rings. The van der Waals surface area contributed by atoms with Crippen LogP contribution in [0, 0.1) is 11.8 Å². The van der Waals surface area contributed by atoms with Crippen LogP contribution in [0.15, 0.2) is 0 Å². The summed E-state index contributed by atoms with van der Waals surface area (Å²) < 4.78 is 16.5. The Morgan fingerprint density at radius 2 is 1.68 bits per heavy atom. The fourth-order valence-corrected chi connectivity index (χ4v) is 4.93. The molecule has 0 spiro atoms. The van der Waals surface area contributed by atoms with Gasteiger partial charge in [0.25, 0.3) is 0 Å². The number of likely N-dealkylation sites (tertiary alicyclic amines) is 1. The zero-order valence-electron chi connectivity index (χ0n) is 24.5. The molecule has 1 heterocycles. The van der Waals surface area contributed by atoms with Gasteiger partial charge in [-0.3, -0.25) is 0 Å². The van der Waals surface area contributed by atoms with Gasteiger partial charge in [0.15, 0.2) is 0 Å². The molecule has 1 amide bonds. The number of ether oxygens (including phenoxy) is 3. The Balaban J connectivity index is 2.30. The predicted molar refractivity (Wildman–Crippen MR) is 155 cm³/mol. The molecular weight excluding hydrogens is 465 g/mol. The average molecular weight is 522 g/mol. The molecule has 0 aromatic carbocycles. The number of unbranched alkanes of at least 4 members (excludes halogenated alkanes) is 9. The van der Waals surface area contributed by atoms with Crippen LogP contribution in [0.2, 0.25) is 6.32 Å². The molecule has 1 saturated heterocycles. The zero-order chi connectivity index (χ0) is 27.1. The normalized spacial score (nSPS) is 17.1. The van der Waals surface area contributed by atoms with Gasteiger partial charge < -0.3 is 0 Å². The van der Waals surface area contributed by atoms with E-state index in [0.717, 1.165) is 32.0 Å². The molecule has 0 aliphatic carbocycles. The standard InChI is InChI=1S/C30H56BNO5/c1-5-7-9-11-12-13-15-19-31-22-27(24-35-4)21-29(33)36-25-28-18-16-20-32(28)30(34)37-23-26(3)17-14-10-8-6-2/h19,26-28H,5-18,20-25H2,1-4H3. The van der Waals surface area contributed by atoms with Crippen molar-refractivity contribution in [2.45, 2.75) is 129 Å². The van der Waals surface area contributed by atoms with Crippen LogP contribution < -0.4 is 0 Å². The van der Waals surface area contributed by atoms with Crippen LogP contribution in [0.1, 0.15) is 117 Å². The third kappa shape index (κ3) is 17.0. The predicted octanol–water partition coefficient (Wildman–Crippen LogP) is 7.07. The second kappa shape index (κ2) is 22.6.